The number of carbonyl (C=O) groups excluding carboxylic acids is 3. The van der Waals surface area contributed by atoms with E-state index in [0.717, 1.165) is 109 Å². The van der Waals surface area contributed by atoms with E-state index < -0.39 is 6.10 Å². The van der Waals surface area contributed by atoms with Crippen LogP contribution in [0.25, 0.3) is 0 Å². The number of ether oxygens (including phenoxy) is 3. The van der Waals surface area contributed by atoms with Crippen molar-refractivity contribution >= 4 is 17.9 Å². The van der Waals surface area contributed by atoms with Crippen molar-refractivity contribution in [3.05, 3.63) is 97.2 Å². The topological polar surface area (TPSA) is 78.9 Å². The van der Waals surface area contributed by atoms with Crippen LogP contribution in [0.5, 0.6) is 0 Å². The van der Waals surface area contributed by atoms with Gasteiger partial charge in [0.05, 0.1) is 0 Å². The van der Waals surface area contributed by atoms with Gasteiger partial charge in [0.15, 0.2) is 6.10 Å². The van der Waals surface area contributed by atoms with E-state index in [1.807, 2.05) is 0 Å². The van der Waals surface area contributed by atoms with Crippen molar-refractivity contribution in [1.29, 1.82) is 0 Å². The average Bonchev–Trinajstić information content (AvgIpc) is 3.28. The molecule has 1 unspecified atom stereocenters. The largest absolute Gasteiger partial charge is 0.462 e. The summed E-state index contributed by atoms with van der Waals surface area (Å²) in [4.78, 5) is 37.7. The van der Waals surface area contributed by atoms with Gasteiger partial charge in [-0.25, -0.2) is 0 Å². The highest BCUT2D eigenvalue weighted by atomic mass is 16.6. The van der Waals surface area contributed by atoms with Crippen molar-refractivity contribution in [2.75, 3.05) is 13.2 Å². The van der Waals surface area contributed by atoms with Crippen LogP contribution in [0.1, 0.15) is 226 Å². The summed E-state index contributed by atoms with van der Waals surface area (Å²) in [5.74, 6) is -0.947. The van der Waals surface area contributed by atoms with Gasteiger partial charge in [0.25, 0.3) is 0 Å². The standard InChI is InChI=1S/C57H94O6/c1-4-7-10-13-16-18-20-21-22-23-24-25-26-27-28-29-30-31-32-33-34-35-37-38-41-44-47-50-56(59)62-53-54(52-61-55(58)49-46-43-40-15-12-9-6-3)63-57(60)51-48-45-42-39-36-19-17-14-11-8-5-2/h7,10,16,18,21-22,24-25,27-28,30-31,33-34,37-38,54H,4-6,8-9,11-15,17,19-20,23,26,29,32,35-36,39-53H2,1-3H3/b10-7-,18-16-,22-21-,25-24-,28-27-,31-30-,34-33-,38-37-. The maximum absolute atomic E-state index is 12.7. The zero-order valence-corrected chi connectivity index (χ0v) is 40.8. The normalized spacial score (nSPS) is 12.9. The molecule has 0 aromatic rings. The van der Waals surface area contributed by atoms with Gasteiger partial charge in [-0.2, -0.15) is 0 Å². The molecule has 0 aliphatic carbocycles. The fourth-order valence-corrected chi connectivity index (χ4v) is 6.75. The first kappa shape index (κ1) is 59.3. The number of hydrogen-bond donors (Lipinski definition) is 0. The molecule has 0 N–H and O–H groups in total. The SMILES string of the molecule is CC/C=C\C/C=C\C/C=C\C/C=C\C/C=C\C/C=C\C/C=C\C/C=C\CCCCC(=O)OCC(COC(=O)CCCCCCCCC)OC(=O)CCCCCCCCCCCCC. The predicted octanol–water partition coefficient (Wildman–Crippen LogP) is 17.0. The molecule has 0 amide bonds. The average molecular weight is 875 g/mol. The molecule has 0 fully saturated rings. The first-order chi connectivity index (χ1) is 31.0. The summed E-state index contributed by atoms with van der Waals surface area (Å²) in [6.45, 7) is 6.42. The van der Waals surface area contributed by atoms with Gasteiger partial charge in [-0.3, -0.25) is 14.4 Å². The van der Waals surface area contributed by atoms with Gasteiger partial charge in [0.1, 0.15) is 13.2 Å². The lowest BCUT2D eigenvalue weighted by Crippen LogP contribution is -2.30. The van der Waals surface area contributed by atoms with Crippen LogP contribution in [-0.4, -0.2) is 37.2 Å². The molecule has 0 rings (SSSR count). The first-order valence-corrected chi connectivity index (χ1v) is 25.7. The second-order valence-corrected chi connectivity index (χ2v) is 16.7. The van der Waals surface area contributed by atoms with E-state index in [4.69, 9.17) is 14.2 Å². The third-order valence-corrected chi connectivity index (χ3v) is 10.6. The molecule has 0 aromatic heterocycles. The molecular formula is C57H94O6. The van der Waals surface area contributed by atoms with Gasteiger partial charge in [-0.15, -0.1) is 0 Å². The van der Waals surface area contributed by atoms with Crippen molar-refractivity contribution < 1.29 is 28.6 Å². The lowest BCUT2D eigenvalue weighted by Gasteiger charge is -2.18. The zero-order valence-electron chi connectivity index (χ0n) is 40.8. The summed E-state index contributed by atoms with van der Waals surface area (Å²) in [5.41, 5.74) is 0. The second kappa shape index (κ2) is 51.0. The van der Waals surface area contributed by atoms with Gasteiger partial charge in [-0.1, -0.05) is 221 Å². The summed E-state index contributed by atoms with van der Waals surface area (Å²) in [6.07, 6.45) is 67.0. The molecule has 0 aliphatic heterocycles. The van der Waals surface area contributed by atoms with E-state index in [-0.39, 0.29) is 31.1 Å². The molecule has 0 spiro atoms. The van der Waals surface area contributed by atoms with E-state index in [0.29, 0.717) is 19.3 Å². The number of hydrogen-bond acceptors (Lipinski definition) is 6. The van der Waals surface area contributed by atoms with Crippen LogP contribution >= 0.6 is 0 Å². The molecule has 0 bridgehead atoms. The van der Waals surface area contributed by atoms with Gasteiger partial charge in [-0.05, 0) is 83.5 Å². The minimum Gasteiger partial charge on any atom is -0.462 e. The van der Waals surface area contributed by atoms with Gasteiger partial charge in [0.2, 0.25) is 0 Å². The number of unbranched alkanes of at least 4 members (excludes halogenated alkanes) is 18. The monoisotopic (exact) mass is 875 g/mol. The van der Waals surface area contributed by atoms with Crippen LogP contribution in [0.4, 0.5) is 0 Å². The molecule has 63 heavy (non-hydrogen) atoms. The second-order valence-electron chi connectivity index (χ2n) is 16.7. The third kappa shape index (κ3) is 49.2. The first-order valence-electron chi connectivity index (χ1n) is 25.7. The lowest BCUT2D eigenvalue weighted by molar-refractivity contribution is -0.167. The molecule has 0 heterocycles. The fraction of sp³-hybridized carbons (Fsp3) is 0.667. The van der Waals surface area contributed by atoms with Gasteiger partial charge < -0.3 is 14.2 Å². The molecule has 0 saturated carbocycles. The number of allylic oxidation sites excluding steroid dienone is 16. The Kier molecular flexibility index (Phi) is 48.0. The van der Waals surface area contributed by atoms with Gasteiger partial charge >= 0.3 is 17.9 Å². The van der Waals surface area contributed by atoms with Crippen LogP contribution in [-0.2, 0) is 28.6 Å². The van der Waals surface area contributed by atoms with Crippen molar-refractivity contribution in [2.45, 2.75) is 232 Å². The third-order valence-electron chi connectivity index (χ3n) is 10.6. The summed E-state index contributed by atoms with van der Waals surface area (Å²) in [6, 6.07) is 0. The Balaban J connectivity index is 4.28. The Morgan fingerprint density at radius 1 is 0.333 bits per heavy atom. The van der Waals surface area contributed by atoms with Crippen molar-refractivity contribution in [1.82, 2.24) is 0 Å². The van der Waals surface area contributed by atoms with E-state index in [2.05, 4.69) is 118 Å². The Bertz CT molecular complexity index is 1280. The predicted molar refractivity (Wildman–Crippen MR) is 270 cm³/mol. The maximum Gasteiger partial charge on any atom is 0.306 e. The van der Waals surface area contributed by atoms with Gasteiger partial charge in [0, 0.05) is 19.3 Å². The Morgan fingerprint density at radius 2 is 0.619 bits per heavy atom. The molecule has 1 atom stereocenters. The van der Waals surface area contributed by atoms with Crippen LogP contribution in [0.2, 0.25) is 0 Å². The number of carbonyl (C=O) groups is 3. The van der Waals surface area contributed by atoms with Crippen LogP contribution < -0.4 is 0 Å². The van der Waals surface area contributed by atoms with Crippen LogP contribution in [0.15, 0.2) is 97.2 Å². The minimum absolute atomic E-state index is 0.0900. The molecule has 6 heteroatoms. The van der Waals surface area contributed by atoms with Crippen LogP contribution in [0.3, 0.4) is 0 Å². The zero-order chi connectivity index (χ0) is 45.8. The smallest absolute Gasteiger partial charge is 0.306 e. The number of rotatable bonds is 45. The summed E-state index contributed by atoms with van der Waals surface area (Å²) in [7, 11) is 0. The highest BCUT2D eigenvalue weighted by Crippen LogP contribution is 2.14. The van der Waals surface area contributed by atoms with Crippen LogP contribution in [0, 0.1) is 0 Å². The Hall–Kier alpha value is -3.67. The molecule has 358 valence electrons. The fourth-order valence-electron chi connectivity index (χ4n) is 6.75. The Morgan fingerprint density at radius 3 is 0.968 bits per heavy atom. The molecular weight excluding hydrogens is 781 g/mol. The molecule has 6 nitrogen and oxygen atoms in total. The minimum atomic E-state index is -0.789. The quantitative estimate of drug-likeness (QED) is 0.0262. The molecule has 0 saturated heterocycles. The maximum atomic E-state index is 12.7. The van der Waals surface area contributed by atoms with E-state index in [1.54, 1.807) is 0 Å². The van der Waals surface area contributed by atoms with Crippen molar-refractivity contribution in [2.24, 2.45) is 0 Å². The molecule has 0 radical (unpaired) electrons. The lowest BCUT2D eigenvalue weighted by atomic mass is 10.1. The Labute approximate surface area is 387 Å². The summed E-state index contributed by atoms with van der Waals surface area (Å²) in [5, 5.41) is 0. The highest BCUT2D eigenvalue weighted by molar-refractivity contribution is 5.71. The molecule has 0 aromatic carbocycles. The van der Waals surface area contributed by atoms with E-state index in [9.17, 15) is 14.4 Å². The number of esters is 3. The molecule has 0 aliphatic rings. The summed E-state index contributed by atoms with van der Waals surface area (Å²) >= 11 is 0. The van der Waals surface area contributed by atoms with Crippen molar-refractivity contribution in [3.8, 4) is 0 Å². The highest BCUT2D eigenvalue weighted by Gasteiger charge is 2.19. The van der Waals surface area contributed by atoms with E-state index in [1.165, 1.54) is 77.0 Å². The van der Waals surface area contributed by atoms with Crippen molar-refractivity contribution in [3.63, 3.8) is 0 Å². The summed E-state index contributed by atoms with van der Waals surface area (Å²) < 4.78 is 16.7. The van der Waals surface area contributed by atoms with E-state index >= 15 is 0 Å².